The van der Waals surface area contributed by atoms with Crippen LogP contribution >= 0.6 is 11.8 Å². The largest absolute Gasteiger partial charge is 0.298 e. The van der Waals surface area contributed by atoms with Crippen molar-refractivity contribution in [3.63, 3.8) is 0 Å². The topological polar surface area (TPSA) is 17.1 Å². The van der Waals surface area contributed by atoms with E-state index in [1.54, 1.807) is 11.8 Å². The van der Waals surface area contributed by atoms with Crippen LogP contribution in [0.15, 0.2) is 23.1 Å². The smallest absolute Gasteiger partial charge is 0.148 e. The Balaban J connectivity index is 1.98. The number of fused-ring (bicyclic) bond motifs is 1. The molecule has 92 valence electrons. The van der Waals surface area contributed by atoms with Crippen molar-refractivity contribution in [3.8, 4) is 0 Å². The highest BCUT2D eigenvalue weighted by Crippen LogP contribution is 2.28. The van der Waals surface area contributed by atoms with Crippen molar-refractivity contribution in [1.82, 2.24) is 0 Å². The highest BCUT2D eigenvalue weighted by molar-refractivity contribution is 8.00. The predicted octanol–water partition coefficient (Wildman–Crippen LogP) is 3.88. The van der Waals surface area contributed by atoms with E-state index in [-0.39, 0.29) is 5.41 Å². The highest BCUT2D eigenvalue weighted by atomic mass is 32.2. The molecule has 0 spiro atoms. The van der Waals surface area contributed by atoms with Crippen molar-refractivity contribution in [2.75, 3.05) is 5.75 Å². The summed E-state index contributed by atoms with van der Waals surface area (Å²) in [6.45, 7) is 5.95. The van der Waals surface area contributed by atoms with Crippen LogP contribution in [0.3, 0.4) is 0 Å². The van der Waals surface area contributed by atoms with Gasteiger partial charge in [-0.25, -0.2) is 0 Å². The third-order valence-electron chi connectivity index (χ3n) is 3.28. The number of Topliss-reactive ketones (excluding diaryl/α,β-unsaturated/α-hetero) is 1. The van der Waals surface area contributed by atoms with E-state index in [0.29, 0.717) is 11.5 Å². The number of carbonyl (C=O) groups excluding carboxylic acids is 1. The lowest BCUT2D eigenvalue weighted by Gasteiger charge is -2.16. The van der Waals surface area contributed by atoms with Crippen LogP contribution in [-0.2, 0) is 17.6 Å². The van der Waals surface area contributed by atoms with Gasteiger partial charge >= 0.3 is 0 Å². The molecule has 0 unspecified atom stereocenters. The van der Waals surface area contributed by atoms with Crippen molar-refractivity contribution < 1.29 is 4.79 Å². The molecule has 0 aromatic heterocycles. The van der Waals surface area contributed by atoms with E-state index in [9.17, 15) is 4.79 Å². The van der Waals surface area contributed by atoms with Crippen molar-refractivity contribution in [1.29, 1.82) is 0 Å². The zero-order valence-electron chi connectivity index (χ0n) is 10.9. The molecule has 1 aliphatic carbocycles. The molecule has 1 aliphatic rings. The van der Waals surface area contributed by atoms with Crippen LogP contribution in [0.1, 0.15) is 38.3 Å². The molecule has 0 saturated carbocycles. The Morgan fingerprint density at radius 3 is 2.65 bits per heavy atom. The van der Waals surface area contributed by atoms with Gasteiger partial charge in [0.1, 0.15) is 5.78 Å². The minimum atomic E-state index is -0.219. The molecular formula is C15H20OS. The van der Waals surface area contributed by atoms with Crippen LogP contribution in [0.25, 0.3) is 0 Å². The van der Waals surface area contributed by atoms with Crippen LogP contribution in [-0.4, -0.2) is 11.5 Å². The summed E-state index contributed by atoms with van der Waals surface area (Å²) >= 11 is 1.67. The van der Waals surface area contributed by atoms with Crippen LogP contribution in [0.4, 0.5) is 0 Å². The second kappa shape index (κ2) is 4.85. The van der Waals surface area contributed by atoms with Gasteiger partial charge in [0.05, 0.1) is 5.75 Å². The molecule has 1 aromatic rings. The zero-order valence-corrected chi connectivity index (χ0v) is 11.7. The first-order chi connectivity index (χ1) is 7.97. The number of benzene rings is 1. The van der Waals surface area contributed by atoms with Crippen LogP contribution < -0.4 is 0 Å². The molecule has 0 amide bonds. The fourth-order valence-electron chi connectivity index (χ4n) is 2.00. The Labute approximate surface area is 108 Å². The molecule has 0 fully saturated rings. The Hall–Kier alpha value is -0.760. The number of thioether (sulfide) groups is 1. The molecule has 0 saturated heterocycles. The van der Waals surface area contributed by atoms with E-state index in [1.165, 1.54) is 35.3 Å². The molecule has 1 nitrogen and oxygen atoms in total. The quantitative estimate of drug-likeness (QED) is 0.755. The first-order valence-corrected chi connectivity index (χ1v) is 7.23. The maximum Gasteiger partial charge on any atom is 0.148 e. The molecule has 0 heterocycles. The third-order valence-corrected chi connectivity index (χ3v) is 4.27. The Bertz CT molecular complexity index is 429. The van der Waals surface area contributed by atoms with Gasteiger partial charge in [-0.2, -0.15) is 0 Å². The van der Waals surface area contributed by atoms with Crippen LogP contribution in [0.2, 0.25) is 0 Å². The normalized spacial score (nSPS) is 14.8. The minimum Gasteiger partial charge on any atom is -0.298 e. The summed E-state index contributed by atoms with van der Waals surface area (Å²) in [5, 5.41) is 0. The summed E-state index contributed by atoms with van der Waals surface area (Å²) in [4.78, 5) is 13.1. The van der Waals surface area contributed by atoms with Gasteiger partial charge in [-0.05, 0) is 42.5 Å². The summed E-state index contributed by atoms with van der Waals surface area (Å²) in [6, 6.07) is 6.65. The SMILES string of the molecule is CC(C)(C)C(=O)CSc1ccc2c(c1)CCC2. The summed E-state index contributed by atoms with van der Waals surface area (Å²) < 4.78 is 0. The fraction of sp³-hybridized carbons (Fsp3) is 0.533. The Morgan fingerprint density at radius 2 is 1.94 bits per heavy atom. The van der Waals surface area contributed by atoms with E-state index < -0.39 is 0 Å². The fourth-order valence-corrected chi connectivity index (χ4v) is 3.12. The summed E-state index contributed by atoms with van der Waals surface area (Å²) in [7, 11) is 0. The van der Waals surface area contributed by atoms with Crippen molar-refractivity contribution in [2.24, 2.45) is 5.41 Å². The summed E-state index contributed by atoms with van der Waals surface area (Å²) in [5.41, 5.74) is 2.76. The van der Waals surface area contributed by atoms with Gasteiger partial charge in [-0.1, -0.05) is 26.8 Å². The number of hydrogen-bond donors (Lipinski definition) is 0. The molecule has 2 rings (SSSR count). The van der Waals surface area contributed by atoms with E-state index in [4.69, 9.17) is 0 Å². The van der Waals surface area contributed by atoms with Crippen molar-refractivity contribution in [2.45, 2.75) is 44.9 Å². The molecule has 0 N–H and O–H groups in total. The lowest BCUT2D eigenvalue weighted by atomic mass is 9.92. The van der Waals surface area contributed by atoms with E-state index in [1.807, 2.05) is 20.8 Å². The van der Waals surface area contributed by atoms with Gasteiger partial charge < -0.3 is 0 Å². The van der Waals surface area contributed by atoms with E-state index >= 15 is 0 Å². The monoisotopic (exact) mass is 248 g/mol. The summed E-state index contributed by atoms with van der Waals surface area (Å²) in [6.07, 6.45) is 3.71. The summed E-state index contributed by atoms with van der Waals surface area (Å²) in [5.74, 6) is 0.908. The average molecular weight is 248 g/mol. The van der Waals surface area contributed by atoms with E-state index in [0.717, 1.165) is 0 Å². The standard InChI is InChI=1S/C15H20OS/c1-15(2,3)14(16)10-17-13-8-7-11-5-4-6-12(11)9-13/h7-9H,4-6,10H2,1-3H3. The number of ketones is 1. The van der Waals surface area contributed by atoms with Gasteiger partial charge in [-0.3, -0.25) is 4.79 Å². The maximum atomic E-state index is 11.9. The molecule has 0 radical (unpaired) electrons. The first-order valence-electron chi connectivity index (χ1n) is 6.25. The molecule has 0 bridgehead atoms. The van der Waals surface area contributed by atoms with Crippen molar-refractivity contribution in [3.05, 3.63) is 29.3 Å². The molecule has 17 heavy (non-hydrogen) atoms. The first kappa shape index (κ1) is 12.7. The number of rotatable bonds is 3. The van der Waals surface area contributed by atoms with Gasteiger partial charge in [0.2, 0.25) is 0 Å². The number of carbonyl (C=O) groups is 1. The third kappa shape index (κ3) is 3.12. The van der Waals surface area contributed by atoms with E-state index in [2.05, 4.69) is 18.2 Å². The second-order valence-corrected chi connectivity index (χ2v) is 6.79. The van der Waals surface area contributed by atoms with Crippen LogP contribution in [0, 0.1) is 5.41 Å². The maximum absolute atomic E-state index is 11.9. The van der Waals surface area contributed by atoms with Crippen LogP contribution in [0.5, 0.6) is 0 Å². The van der Waals surface area contributed by atoms with Gasteiger partial charge in [0.25, 0.3) is 0 Å². The number of aryl methyl sites for hydroxylation is 2. The average Bonchev–Trinajstić information content (AvgIpc) is 2.71. The second-order valence-electron chi connectivity index (χ2n) is 5.75. The lowest BCUT2D eigenvalue weighted by molar-refractivity contribution is -0.123. The van der Waals surface area contributed by atoms with Gasteiger partial charge in [0, 0.05) is 10.3 Å². The van der Waals surface area contributed by atoms with Crippen molar-refractivity contribution >= 4 is 17.5 Å². The minimum absolute atomic E-state index is 0.219. The Morgan fingerprint density at radius 1 is 1.24 bits per heavy atom. The molecule has 2 heteroatoms. The zero-order chi connectivity index (χ0) is 12.5. The molecule has 0 aliphatic heterocycles. The van der Waals surface area contributed by atoms with Gasteiger partial charge in [-0.15, -0.1) is 11.8 Å². The molecule has 1 aromatic carbocycles. The predicted molar refractivity (Wildman–Crippen MR) is 73.7 cm³/mol. The van der Waals surface area contributed by atoms with Gasteiger partial charge in [0.15, 0.2) is 0 Å². The lowest BCUT2D eigenvalue weighted by Crippen LogP contribution is -2.21. The highest BCUT2D eigenvalue weighted by Gasteiger charge is 2.21. The number of hydrogen-bond acceptors (Lipinski definition) is 2. The molecule has 0 atom stereocenters. The Kier molecular flexibility index (Phi) is 3.62. The molecular weight excluding hydrogens is 228 g/mol.